The third-order valence-corrected chi connectivity index (χ3v) is 1.63. The molecular weight excluding hydrogens is 108 g/mol. The van der Waals surface area contributed by atoms with E-state index < -0.39 is 6.10 Å². The van der Waals surface area contributed by atoms with Gasteiger partial charge < -0.3 is 9.84 Å². The van der Waals surface area contributed by atoms with E-state index in [2.05, 4.69) is 0 Å². The number of rotatable bonds is 0. The Kier molecular flexibility index (Phi) is 0.623. The number of Topliss-reactive ketones (excluding diaryl/α,β-unsaturated/α-hetero) is 1. The molecule has 0 amide bonds. The van der Waals surface area contributed by atoms with Crippen LogP contribution in [0.15, 0.2) is 0 Å². The van der Waals surface area contributed by atoms with Crippen molar-refractivity contribution >= 4 is 5.78 Å². The summed E-state index contributed by atoms with van der Waals surface area (Å²) in [7, 11) is 0. The van der Waals surface area contributed by atoms with Crippen LogP contribution >= 0.6 is 0 Å². The minimum Gasteiger partial charge on any atom is -0.390 e. The van der Waals surface area contributed by atoms with Gasteiger partial charge in [0.2, 0.25) is 0 Å². The minimum atomic E-state index is -0.507. The topological polar surface area (TPSA) is 49.8 Å². The number of carbonyl (C=O) groups excluding carboxylic acids is 1. The van der Waals surface area contributed by atoms with Crippen LogP contribution < -0.4 is 0 Å². The van der Waals surface area contributed by atoms with Crippen molar-refractivity contribution < 1.29 is 14.6 Å². The van der Waals surface area contributed by atoms with E-state index in [1.54, 1.807) is 0 Å². The third kappa shape index (κ3) is 0.381. The molecule has 0 aromatic rings. The molecule has 1 N–H and O–H groups in total. The molecule has 0 unspecified atom stereocenters. The number of ether oxygens (including phenoxy) is 1. The van der Waals surface area contributed by atoms with Crippen LogP contribution in [-0.4, -0.2) is 29.2 Å². The summed E-state index contributed by atoms with van der Waals surface area (Å²) in [4.78, 5) is 10.5. The molecule has 1 saturated heterocycles. The lowest BCUT2D eigenvalue weighted by Crippen LogP contribution is -2.10. The molecule has 0 bridgehead atoms. The Morgan fingerprint density at radius 2 is 2.50 bits per heavy atom. The summed E-state index contributed by atoms with van der Waals surface area (Å²) in [6.07, 6.45) is -0.574. The molecule has 2 rings (SSSR count). The van der Waals surface area contributed by atoms with E-state index in [1.807, 2.05) is 0 Å². The summed E-state index contributed by atoms with van der Waals surface area (Å²) in [6.45, 7) is 0. The largest absolute Gasteiger partial charge is 0.390 e. The smallest absolute Gasteiger partial charge is 0.167 e. The summed E-state index contributed by atoms with van der Waals surface area (Å²) in [5.41, 5.74) is 0. The molecule has 3 heteroatoms. The molecule has 8 heavy (non-hydrogen) atoms. The van der Waals surface area contributed by atoms with Crippen LogP contribution in [0.4, 0.5) is 0 Å². The lowest BCUT2D eigenvalue weighted by atomic mass is 10.3. The van der Waals surface area contributed by atoms with Gasteiger partial charge in [-0.3, -0.25) is 4.79 Å². The van der Waals surface area contributed by atoms with Gasteiger partial charge in [0.25, 0.3) is 0 Å². The van der Waals surface area contributed by atoms with Crippen LogP contribution in [0.1, 0.15) is 6.42 Å². The molecule has 0 aromatic heterocycles. The number of hydrogen-bond donors (Lipinski definition) is 1. The molecule has 2 fully saturated rings. The molecule has 2 aliphatic rings. The van der Waals surface area contributed by atoms with Crippen molar-refractivity contribution in [3.63, 3.8) is 0 Å². The van der Waals surface area contributed by atoms with E-state index >= 15 is 0 Å². The standard InChI is InChI=1S/C5H6O3/c6-2-1-3(7)5-4(2)8-5/h2,4-6H,1H2/t2-,4-,5+/m0/s1. The fourth-order valence-electron chi connectivity index (χ4n) is 1.11. The maximum absolute atomic E-state index is 10.5. The van der Waals surface area contributed by atoms with Crippen molar-refractivity contribution in [2.24, 2.45) is 0 Å². The van der Waals surface area contributed by atoms with E-state index in [0.717, 1.165) is 0 Å². The zero-order valence-electron chi connectivity index (χ0n) is 4.20. The number of aliphatic hydroxyl groups excluding tert-OH is 1. The van der Waals surface area contributed by atoms with Crippen molar-refractivity contribution in [2.75, 3.05) is 0 Å². The predicted octanol–water partition coefficient (Wildman–Crippen LogP) is -0.913. The highest BCUT2D eigenvalue weighted by molar-refractivity contribution is 5.89. The molecule has 1 aliphatic heterocycles. The summed E-state index contributed by atoms with van der Waals surface area (Å²) in [5.74, 6) is 0.0579. The highest BCUT2D eigenvalue weighted by Gasteiger charge is 2.55. The predicted molar refractivity (Wildman–Crippen MR) is 24.3 cm³/mol. The van der Waals surface area contributed by atoms with Crippen LogP contribution in [0.2, 0.25) is 0 Å². The maximum atomic E-state index is 10.5. The number of hydrogen-bond acceptors (Lipinski definition) is 3. The first-order valence-corrected chi connectivity index (χ1v) is 2.65. The van der Waals surface area contributed by atoms with Crippen molar-refractivity contribution in [1.82, 2.24) is 0 Å². The Balaban J connectivity index is 2.19. The van der Waals surface area contributed by atoms with E-state index in [-0.39, 0.29) is 18.0 Å². The maximum Gasteiger partial charge on any atom is 0.167 e. The second-order valence-electron chi connectivity index (χ2n) is 2.26. The summed E-state index contributed by atoms with van der Waals surface area (Å²) < 4.78 is 4.78. The van der Waals surface area contributed by atoms with Crippen LogP contribution in [0, 0.1) is 0 Å². The molecule has 3 nitrogen and oxygen atoms in total. The quantitative estimate of drug-likeness (QED) is 0.415. The monoisotopic (exact) mass is 114 g/mol. The van der Waals surface area contributed by atoms with Gasteiger partial charge in [0.15, 0.2) is 5.78 Å². The van der Waals surface area contributed by atoms with E-state index in [1.165, 1.54) is 0 Å². The van der Waals surface area contributed by atoms with Gasteiger partial charge in [-0.05, 0) is 0 Å². The van der Waals surface area contributed by atoms with E-state index in [4.69, 9.17) is 9.84 Å². The molecular formula is C5H6O3. The number of carbonyl (C=O) groups is 1. The zero-order valence-corrected chi connectivity index (χ0v) is 4.20. The molecule has 1 heterocycles. The fourth-order valence-corrected chi connectivity index (χ4v) is 1.11. The highest BCUT2D eigenvalue weighted by Crippen LogP contribution is 2.35. The fraction of sp³-hybridized carbons (Fsp3) is 0.800. The minimum absolute atomic E-state index is 0.0579. The SMILES string of the molecule is O=C1C[C@H](O)[C@@H]2O[C@H]12. The molecule has 1 saturated carbocycles. The van der Waals surface area contributed by atoms with Gasteiger partial charge in [-0.2, -0.15) is 0 Å². The van der Waals surface area contributed by atoms with Crippen molar-refractivity contribution in [2.45, 2.75) is 24.7 Å². The molecule has 1 aliphatic carbocycles. The van der Waals surface area contributed by atoms with Gasteiger partial charge in [-0.15, -0.1) is 0 Å². The Morgan fingerprint density at radius 1 is 1.75 bits per heavy atom. The van der Waals surface area contributed by atoms with Crippen LogP contribution in [0.25, 0.3) is 0 Å². The zero-order chi connectivity index (χ0) is 5.72. The normalized spacial score (nSPS) is 51.6. The summed E-state index contributed by atoms with van der Waals surface area (Å²) in [5, 5.41) is 8.86. The molecule has 0 radical (unpaired) electrons. The van der Waals surface area contributed by atoms with E-state index in [9.17, 15) is 4.79 Å². The highest BCUT2D eigenvalue weighted by atomic mass is 16.6. The lowest BCUT2D eigenvalue weighted by Gasteiger charge is -1.95. The van der Waals surface area contributed by atoms with Crippen molar-refractivity contribution in [3.05, 3.63) is 0 Å². The first-order chi connectivity index (χ1) is 3.79. The summed E-state index contributed by atoms with van der Waals surface area (Å²) >= 11 is 0. The Morgan fingerprint density at radius 3 is 2.62 bits per heavy atom. The number of ketones is 1. The Hall–Kier alpha value is -0.410. The van der Waals surface area contributed by atoms with Gasteiger partial charge >= 0.3 is 0 Å². The molecule has 3 atom stereocenters. The number of epoxide rings is 1. The molecule has 0 spiro atoms. The molecule has 44 valence electrons. The van der Waals surface area contributed by atoms with Gasteiger partial charge in [0, 0.05) is 6.42 Å². The van der Waals surface area contributed by atoms with E-state index in [0.29, 0.717) is 6.42 Å². The van der Waals surface area contributed by atoms with Gasteiger partial charge in [0.05, 0.1) is 6.10 Å². The summed E-state index contributed by atoms with van der Waals surface area (Å²) in [6, 6.07) is 0. The lowest BCUT2D eigenvalue weighted by molar-refractivity contribution is -0.121. The second kappa shape index (κ2) is 1.11. The van der Waals surface area contributed by atoms with Crippen molar-refractivity contribution in [1.29, 1.82) is 0 Å². The van der Waals surface area contributed by atoms with Gasteiger partial charge in [-0.25, -0.2) is 0 Å². The number of aliphatic hydroxyl groups is 1. The first kappa shape index (κ1) is 4.47. The van der Waals surface area contributed by atoms with Gasteiger partial charge in [0.1, 0.15) is 12.2 Å². The van der Waals surface area contributed by atoms with Gasteiger partial charge in [-0.1, -0.05) is 0 Å². The Labute approximate surface area is 46.3 Å². The Bertz CT molecular complexity index is 143. The average molecular weight is 114 g/mol. The van der Waals surface area contributed by atoms with Crippen molar-refractivity contribution in [3.8, 4) is 0 Å². The third-order valence-electron chi connectivity index (χ3n) is 1.63. The second-order valence-corrected chi connectivity index (χ2v) is 2.26. The van der Waals surface area contributed by atoms with Crippen LogP contribution in [0.5, 0.6) is 0 Å². The molecule has 0 aromatic carbocycles. The average Bonchev–Trinajstić information content (AvgIpc) is 2.35. The first-order valence-electron chi connectivity index (χ1n) is 2.65. The number of fused-ring (bicyclic) bond motifs is 1. The van der Waals surface area contributed by atoms with Crippen LogP contribution in [-0.2, 0) is 9.53 Å². The van der Waals surface area contributed by atoms with Crippen LogP contribution in [0.3, 0.4) is 0 Å².